The summed E-state index contributed by atoms with van der Waals surface area (Å²) in [6, 6.07) is -0.131. The molecule has 0 spiro atoms. The molecule has 0 aliphatic heterocycles. The molecule has 1 amide bonds. The van der Waals surface area contributed by atoms with E-state index in [1.54, 1.807) is 0 Å². The summed E-state index contributed by atoms with van der Waals surface area (Å²) in [5.74, 6) is -0.129. The second-order valence-corrected chi connectivity index (χ2v) is 5.93. The Kier molecular flexibility index (Phi) is 6.80. The molecule has 4 nitrogen and oxygen atoms in total. The number of hydrogen-bond acceptors (Lipinski definition) is 3. The predicted molar refractivity (Wildman–Crippen MR) is 75.8 cm³/mol. The SMILES string of the molecule is CCCC(O)(CCC)CC(=O)NC1CCCCC1O. The molecule has 1 aliphatic rings. The van der Waals surface area contributed by atoms with E-state index >= 15 is 0 Å². The van der Waals surface area contributed by atoms with Gasteiger partial charge in [0.2, 0.25) is 5.91 Å². The molecular weight excluding hydrogens is 242 g/mol. The summed E-state index contributed by atoms with van der Waals surface area (Å²) < 4.78 is 0. The van der Waals surface area contributed by atoms with Crippen LogP contribution in [0.4, 0.5) is 0 Å². The fraction of sp³-hybridized carbons (Fsp3) is 0.933. The monoisotopic (exact) mass is 271 g/mol. The maximum atomic E-state index is 12.0. The molecule has 0 aromatic rings. The Morgan fingerprint density at radius 3 is 2.32 bits per heavy atom. The van der Waals surface area contributed by atoms with Gasteiger partial charge in [0.15, 0.2) is 0 Å². The smallest absolute Gasteiger partial charge is 0.223 e. The van der Waals surface area contributed by atoms with Gasteiger partial charge in [-0.15, -0.1) is 0 Å². The van der Waals surface area contributed by atoms with Crippen LogP contribution in [0.2, 0.25) is 0 Å². The molecule has 4 heteroatoms. The minimum Gasteiger partial charge on any atom is -0.391 e. The van der Waals surface area contributed by atoms with Gasteiger partial charge >= 0.3 is 0 Å². The quantitative estimate of drug-likeness (QED) is 0.664. The minimum absolute atomic E-state index is 0.129. The standard InChI is InChI=1S/C15H29NO3/c1-3-9-15(19,10-4-2)11-14(18)16-12-7-5-6-8-13(12)17/h12-13,17,19H,3-11H2,1-2H3,(H,16,18). The highest BCUT2D eigenvalue weighted by Crippen LogP contribution is 2.24. The lowest BCUT2D eigenvalue weighted by atomic mass is 9.88. The van der Waals surface area contributed by atoms with Gasteiger partial charge in [-0.3, -0.25) is 4.79 Å². The molecule has 1 saturated carbocycles. The van der Waals surface area contributed by atoms with Crippen LogP contribution in [0.15, 0.2) is 0 Å². The number of aliphatic hydroxyl groups is 2. The van der Waals surface area contributed by atoms with Crippen LogP contribution in [0.3, 0.4) is 0 Å². The first-order chi connectivity index (χ1) is 9.00. The van der Waals surface area contributed by atoms with Crippen LogP contribution in [0.5, 0.6) is 0 Å². The highest BCUT2D eigenvalue weighted by molar-refractivity contribution is 5.77. The lowest BCUT2D eigenvalue weighted by molar-refractivity contribution is -0.128. The zero-order valence-electron chi connectivity index (χ0n) is 12.3. The Bertz CT molecular complexity index is 275. The molecule has 0 bridgehead atoms. The number of amides is 1. The summed E-state index contributed by atoms with van der Waals surface area (Å²) in [5, 5.41) is 23.2. The average Bonchev–Trinajstić information content (AvgIpc) is 2.32. The van der Waals surface area contributed by atoms with Crippen LogP contribution >= 0.6 is 0 Å². The fourth-order valence-corrected chi connectivity index (χ4v) is 3.07. The number of nitrogens with one attached hydrogen (secondary N) is 1. The first-order valence-corrected chi connectivity index (χ1v) is 7.70. The summed E-state index contributed by atoms with van der Waals surface area (Å²) in [7, 11) is 0. The van der Waals surface area contributed by atoms with Crippen molar-refractivity contribution in [3.8, 4) is 0 Å². The van der Waals surface area contributed by atoms with Crippen LogP contribution in [-0.4, -0.2) is 33.9 Å². The van der Waals surface area contributed by atoms with E-state index in [0.717, 1.165) is 38.5 Å². The summed E-state index contributed by atoms with van der Waals surface area (Å²) in [4.78, 5) is 12.0. The maximum absolute atomic E-state index is 12.0. The van der Waals surface area contributed by atoms with Crippen LogP contribution in [-0.2, 0) is 4.79 Å². The lowest BCUT2D eigenvalue weighted by Crippen LogP contribution is -2.47. The zero-order chi connectivity index (χ0) is 14.3. The third-order valence-electron chi connectivity index (χ3n) is 4.00. The Morgan fingerprint density at radius 2 is 1.79 bits per heavy atom. The molecule has 112 valence electrons. The van der Waals surface area contributed by atoms with E-state index in [9.17, 15) is 15.0 Å². The Balaban J connectivity index is 2.47. The lowest BCUT2D eigenvalue weighted by Gasteiger charge is -2.31. The average molecular weight is 271 g/mol. The number of carbonyl (C=O) groups excluding carboxylic acids is 1. The van der Waals surface area contributed by atoms with Gasteiger partial charge in [0.25, 0.3) is 0 Å². The molecule has 0 aromatic carbocycles. The molecule has 2 atom stereocenters. The molecule has 0 aromatic heterocycles. The van der Waals surface area contributed by atoms with Crippen LogP contribution in [0, 0.1) is 0 Å². The second-order valence-electron chi connectivity index (χ2n) is 5.93. The van der Waals surface area contributed by atoms with Gasteiger partial charge in [-0.25, -0.2) is 0 Å². The Hall–Kier alpha value is -0.610. The highest BCUT2D eigenvalue weighted by Gasteiger charge is 2.30. The Morgan fingerprint density at radius 1 is 1.21 bits per heavy atom. The third kappa shape index (κ3) is 5.49. The molecule has 0 saturated heterocycles. The number of rotatable bonds is 7. The maximum Gasteiger partial charge on any atom is 0.223 e. The van der Waals surface area contributed by atoms with Crippen molar-refractivity contribution in [3.05, 3.63) is 0 Å². The summed E-state index contributed by atoms with van der Waals surface area (Å²) in [5.41, 5.74) is -0.882. The van der Waals surface area contributed by atoms with Gasteiger partial charge in [-0.2, -0.15) is 0 Å². The molecule has 1 aliphatic carbocycles. The van der Waals surface area contributed by atoms with Crippen molar-refractivity contribution in [1.29, 1.82) is 0 Å². The van der Waals surface area contributed by atoms with Gasteiger partial charge in [0.1, 0.15) is 0 Å². The van der Waals surface area contributed by atoms with Gasteiger partial charge in [-0.05, 0) is 25.7 Å². The largest absolute Gasteiger partial charge is 0.391 e. The van der Waals surface area contributed by atoms with E-state index in [4.69, 9.17) is 0 Å². The molecular formula is C15H29NO3. The number of hydrogen-bond donors (Lipinski definition) is 3. The highest BCUT2D eigenvalue weighted by atomic mass is 16.3. The van der Waals surface area contributed by atoms with Crippen LogP contribution in [0.25, 0.3) is 0 Å². The molecule has 1 fully saturated rings. The van der Waals surface area contributed by atoms with Crippen molar-refractivity contribution in [2.45, 2.75) is 89.4 Å². The zero-order valence-corrected chi connectivity index (χ0v) is 12.3. The van der Waals surface area contributed by atoms with E-state index in [1.807, 2.05) is 13.8 Å². The normalized spacial score (nSPS) is 24.2. The van der Waals surface area contributed by atoms with E-state index in [0.29, 0.717) is 12.8 Å². The first kappa shape index (κ1) is 16.4. The van der Waals surface area contributed by atoms with Gasteiger partial charge < -0.3 is 15.5 Å². The Labute approximate surface area is 116 Å². The molecule has 19 heavy (non-hydrogen) atoms. The number of aliphatic hydroxyl groups excluding tert-OH is 1. The van der Waals surface area contributed by atoms with Gasteiger partial charge in [0.05, 0.1) is 24.2 Å². The minimum atomic E-state index is -0.882. The van der Waals surface area contributed by atoms with E-state index in [-0.39, 0.29) is 18.4 Å². The molecule has 3 N–H and O–H groups in total. The topological polar surface area (TPSA) is 69.6 Å². The van der Waals surface area contributed by atoms with Crippen molar-refractivity contribution in [3.63, 3.8) is 0 Å². The van der Waals surface area contributed by atoms with Crippen LogP contribution < -0.4 is 5.32 Å². The predicted octanol–water partition coefficient (Wildman–Crippen LogP) is 2.13. The summed E-state index contributed by atoms with van der Waals surface area (Å²) in [6.07, 6.45) is 6.46. The number of carbonyl (C=O) groups is 1. The molecule has 0 radical (unpaired) electrons. The second kappa shape index (κ2) is 7.85. The molecule has 1 rings (SSSR count). The van der Waals surface area contributed by atoms with Gasteiger partial charge in [0, 0.05) is 0 Å². The van der Waals surface area contributed by atoms with E-state index < -0.39 is 11.7 Å². The third-order valence-corrected chi connectivity index (χ3v) is 4.00. The van der Waals surface area contributed by atoms with Crippen molar-refractivity contribution in [1.82, 2.24) is 5.32 Å². The summed E-state index contributed by atoms with van der Waals surface area (Å²) in [6.45, 7) is 4.03. The molecule has 0 heterocycles. The summed E-state index contributed by atoms with van der Waals surface area (Å²) >= 11 is 0. The van der Waals surface area contributed by atoms with Gasteiger partial charge in [-0.1, -0.05) is 39.5 Å². The fourth-order valence-electron chi connectivity index (χ4n) is 3.07. The molecule has 2 unspecified atom stereocenters. The van der Waals surface area contributed by atoms with Crippen LogP contribution in [0.1, 0.15) is 71.6 Å². The van der Waals surface area contributed by atoms with E-state index in [2.05, 4.69) is 5.32 Å². The van der Waals surface area contributed by atoms with Crippen molar-refractivity contribution < 1.29 is 15.0 Å². The van der Waals surface area contributed by atoms with Crippen molar-refractivity contribution in [2.75, 3.05) is 0 Å². The first-order valence-electron chi connectivity index (χ1n) is 7.70. The van der Waals surface area contributed by atoms with Crippen molar-refractivity contribution >= 4 is 5.91 Å². The van der Waals surface area contributed by atoms with E-state index in [1.165, 1.54) is 0 Å². The van der Waals surface area contributed by atoms with Crippen molar-refractivity contribution in [2.24, 2.45) is 0 Å².